The smallest absolute Gasteiger partial charge is 0.229 e. The Kier molecular flexibility index (Phi) is 5.52. The molecule has 0 bridgehead atoms. The summed E-state index contributed by atoms with van der Waals surface area (Å²) in [6, 6.07) is 0. The monoisotopic (exact) mass is 318 g/mol. The van der Waals surface area contributed by atoms with Crippen LogP contribution in [0.15, 0.2) is 4.52 Å². The molecule has 0 atom stereocenters. The average molecular weight is 318 g/mol. The topological polar surface area (TPSA) is 80.0 Å². The van der Waals surface area contributed by atoms with Crippen molar-refractivity contribution in [2.45, 2.75) is 46.5 Å². The van der Waals surface area contributed by atoms with Crippen LogP contribution in [0.2, 0.25) is 0 Å². The first-order chi connectivity index (χ1) is 10.9. The van der Waals surface area contributed by atoms with Crippen LogP contribution < -0.4 is 10.2 Å². The third-order valence-corrected chi connectivity index (χ3v) is 3.63. The molecule has 23 heavy (non-hydrogen) atoms. The lowest BCUT2D eigenvalue weighted by atomic mass is 10.1. The van der Waals surface area contributed by atoms with Gasteiger partial charge in [0.1, 0.15) is 11.6 Å². The van der Waals surface area contributed by atoms with Crippen LogP contribution in [-0.4, -0.2) is 40.7 Å². The summed E-state index contributed by atoms with van der Waals surface area (Å²) in [4.78, 5) is 15.3. The van der Waals surface area contributed by atoms with Gasteiger partial charge in [0.25, 0.3) is 0 Å². The maximum atomic E-state index is 5.19. The number of nitrogens with one attached hydrogen (secondary N) is 1. The molecule has 0 aliphatic rings. The second kappa shape index (κ2) is 7.39. The highest BCUT2D eigenvalue weighted by molar-refractivity contribution is 5.36. The molecule has 2 rings (SSSR count). The second-order valence-electron chi connectivity index (χ2n) is 6.20. The highest BCUT2D eigenvalue weighted by Crippen LogP contribution is 2.16. The Morgan fingerprint density at radius 3 is 2.43 bits per heavy atom. The molecule has 0 aliphatic heterocycles. The SMILES string of the molecule is Cc1noc(C)c1CCCNc1nc(C(C)C)nc(N(C)C)n1. The van der Waals surface area contributed by atoms with Gasteiger partial charge in [0.05, 0.1) is 5.69 Å². The highest BCUT2D eigenvalue weighted by atomic mass is 16.5. The van der Waals surface area contributed by atoms with Gasteiger partial charge in [0, 0.05) is 32.1 Å². The maximum absolute atomic E-state index is 5.19. The van der Waals surface area contributed by atoms with Crippen molar-refractivity contribution in [3.63, 3.8) is 0 Å². The van der Waals surface area contributed by atoms with Gasteiger partial charge in [0.15, 0.2) is 0 Å². The molecular weight excluding hydrogens is 292 g/mol. The van der Waals surface area contributed by atoms with Crippen molar-refractivity contribution in [2.75, 3.05) is 30.9 Å². The molecule has 0 spiro atoms. The van der Waals surface area contributed by atoms with Crippen molar-refractivity contribution >= 4 is 11.9 Å². The number of anilines is 2. The molecule has 0 radical (unpaired) electrons. The number of hydrogen-bond donors (Lipinski definition) is 1. The van der Waals surface area contributed by atoms with E-state index in [1.54, 1.807) is 0 Å². The van der Waals surface area contributed by atoms with E-state index >= 15 is 0 Å². The molecule has 0 aliphatic carbocycles. The minimum atomic E-state index is 0.263. The Balaban J connectivity index is 1.97. The summed E-state index contributed by atoms with van der Waals surface area (Å²) >= 11 is 0. The molecule has 0 saturated carbocycles. The molecule has 7 heteroatoms. The zero-order valence-corrected chi connectivity index (χ0v) is 14.8. The van der Waals surface area contributed by atoms with E-state index in [9.17, 15) is 0 Å². The summed E-state index contributed by atoms with van der Waals surface area (Å²) in [7, 11) is 3.86. The van der Waals surface area contributed by atoms with Crippen LogP contribution in [0.5, 0.6) is 0 Å². The molecule has 2 aromatic rings. The molecule has 0 amide bonds. The third-order valence-electron chi connectivity index (χ3n) is 3.63. The van der Waals surface area contributed by atoms with Gasteiger partial charge in [-0.15, -0.1) is 0 Å². The van der Waals surface area contributed by atoms with E-state index < -0.39 is 0 Å². The Morgan fingerprint density at radius 2 is 1.87 bits per heavy atom. The summed E-state index contributed by atoms with van der Waals surface area (Å²) in [5, 5.41) is 7.28. The van der Waals surface area contributed by atoms with Crippen LogP contribution in [0, 0.1) is 13.8 Å². The maximum Gasteiger partial charge on any atom is 0.229 e. The lowest BCUT2D eigenvalue weighted by Crippen LogP contribution is -2.17. The largest absolute Gasteiger partial charge is 0.361 e. The van der Waals surface area contributed by atoms with Gasteiger partial charge in [-0.3, -0.25) is 0 Å². The quantitative estimate of drug-likeness (QED) is 0.786. The predicted molar refractivity (Wildman–Crippen MR) is 91.0 cm³/mol. The number of aromatic nitrogens is 4. The van der Waals surface area contributed by atoms with Crippen LogP contribution in [-0.2, 0) is 6.42 Å². The zero-order valence-electron chi connectivity index (χ0n) is 14.8. The molecule has 0 unspecified atom stereocenters. The summed E-state index contributed by atoms with van der Waals surface area (Å²) in [6.45, 7) is 8.88. The van der Waals surface area contributed by atoms with E-state index in [2.05, 4.69) is 39.3 Å². The fourth-order valence-electron chi connectivity index (χ4n) is 2.24. The van der Waals surface area contributed by atoms with Crippen molar-refractivity contribution in [3.8, 4) is 0 Å². The molecule has 0 saturated heterocycles. The summed E-state index contributed by atoms with van der Waals surface area (Å²) < 4.78 is 5.19. The minimum Gasteiger partial charge on any atom is -0.361 e. The summed E-state index contributed by atoms with van der Waals surface area (Å²) in [6.07, 6.45) is 1.89. The van der Waals surface area contributed by atoms with Gasteiger partial charge >= 0.3 is 0 Å². The second-order valence-corrected chi connectivity index (χ2v) is 6.20. The molecule has 0 aromatic carbocycles. The van der Waals surface area contributed by atoms with Gasteiger partial charge in [-0.1, -0.05) is 19.0 Å². The fourth-order valence-corrected chi connectivity index (χ4v) is 2.24. The fraction of sp³-hybridized carbons (Fsp3) is 0.625. The normalized spacial score (nSPS) is 11.1. The molecule has 126 valence electrons. The number of rotatable bonds is 7. The standard InChI is InChI=1S/C16H26N6O/c1-10(2)14-18-15(20-16(19-14)22(5)6)17-9-7-8-13-11(3)21-23-12(13)4/h10H,7-9H2,1-6H3,(H,17,18,19,20). The van der Waals surface area contributed by atoms with E-state index in [0.29, 0.717) is 11.9 Å². The van der Waals surface area contributed by atoms with Crippen molar-refractivity contribution in [2.24, 2.45) is 0 Å². The zero-order chi connectivity index (χ0) is 17.0. The lowest BCUT2D eigenvalue weighted by molar-refractivity contribution is 0.392. The molecule has 1 N–H and O–H groups in total. The van der Waals surface area contributed by atoms with Crippen molar-refractivity contribution in [1.82, 2.24) is 20.1 Å². The van der Waals surface area contributed by atoms with Crippen molar-refractivity contribution in [3.05, 3.63) is 22.8 Å². The molecule has 2 aromatic heterocycles. The first-order valence-corrected chi connectivity index (χ1v) is 7.97. The van der Waals surface area contributed by atoms with E-state index in [0.717, 1.165) is 36.7 Å². The molecule has 7 nitrogen and oxygen atoms in total. The van der Waals surface area contributed by atoms with Crippen molar-refractivity contribution in [1.29, 1.82) is 0 Å². The Bertz CT molecular complexity index is 604. The first-order valence-electron chi connectivity index (χ1n) is 7.97. The summed E-state index contributed by atoms with van der Waals surface area (Å²) in [5.74, 6) is 3.28. The molecule has 2 heterocycles. The van der Waals surface area contributed by atoms with Gasteiger partial charge in [0.2, 0.25) is 11.9 Å². The molecular formula is C16H26N6O. The Morgan fingerprint density at radius 1 is 1.13 bits per heavy atom. The minimum absolute atomic E-state index is 0.263. The third kappa shape index (κ3) is 4.40. The number of nitrogens with zero attached hydrogens (tertiary/aromatic N) is 5. The van der Waals surface area contributed by atoms with Crippen LogP contribution >= 0.6 is 0 Å². The van der Waals surface area contributed by atoms with E-state index in [1.807, 2.05) is 32.8 Å². The van der Waals surface area contributed by atoms with Crippen LogP contribution in [0.1, 0.15) is 49.0 Å². The summed E-state index contributed by atoms with van der Waals surface area (Å²) in [5.41, 5.74) is 2.17. The van der Waals surface area contributed by atoms with Crippen LogP contribution in [0.4, 0.5) is 11.9 Å². The number of aryl methyl sites for hydroxylation is 2. The highest BCUT2D eigenvalue weighted by Gasteiger charge is 2.11. The van der Waals surface area contributed by atoms with E-state index in [1.165, 1.54) is 5.56 Å². The van der Waals surface area contributed by atoms with Gasteiger partial charge in [-0.05, 0) is 26.7 Å². The first kappa shape index (κ1) is 17.2. The van der Waals surface area contributed by atoms with Crippen LogP contribution in [0.3, 0.4) is 0 Å². The predicted octanol–water partition coefficient (Wildman–Crippen LogP) is 2.71. The van der Waals surface area contributed by atoms with E-state index in [-0.39, 0.29) is 5.92 Å². The van der Waals surface area contributed by atoms with Gasteiger partial charge in [-0.25, -0.2) is 0 Å². The average Bonchev–Trinajstić information content (AvgIpc) is 2.82. The lowest BCUT2D eigenvalue weighted by Gasteiger charge is -2.14. The van der Waals surface area contributed by atoms with Crippen LogP contribution in [0.25, 0.3) is 0 Å². The Hall–Kier alpha value is -2.18. The van der Waals surface area contributed by atoms with Crippen molar-refractivity contribution < 1.29 is 4.52 Å². The van der Waals surface area contributed by atoms with Gasteiger partial charge in [-0.2, -0.15) is 15.0 Å². The van der Waals surface area contributed by atoms with Gasteiger partial charge < -0.3 is 14.7 Å². The number of hydrogen-bond acceptors (Lipinski definition) is 7. The Labute approximate surface area is 137 Å². The molecule has 0 fully saturated rings. The van der Waals surface area contributed by atoms with E-state index in [4.69, 9.17) is 4.52 Å².